The van der Waals surface area contributed by atoms with Gasteiger partial charge in [-0.2, -0.15) is 0 Å². The summed E-state index contributed by atoms with van der Waals surface area (Å²) in [6.07, 6.45) is 17.5. The van der Waals surface area contributed by atoms with Gasteiger partial charge in [0.05, 0.1) is 6.61 Å². The summed E-state index contributed by atoms with van der Waals surface area (Å²) in [5.41, 5.74) is 0. The molecular formula is C23H39NO4. The fourth-order valence-electron chi connectivity index (χ4n) is 3.52. The molecule has 1 atom stereocenters. The first kappa shape index (κ1) is 24.4. The highest BCUT2D eigenvalue weighted by Gasteiger charge is 2.36. The molecule has 0 saturated heterocycles. The Bertz CT molecular complexity index is 483. The topological polar surface area (TPSA) is 63.7 Å². The summed E-state index contributed by atoms with van der Waals surface area (Å²) in [6.45, 7) is 4.74. The van der Waals surface area contributed by atoms with Gasteiger partial charge in [0.25, 0.3) is 11.8 Å². The number of imide groups is 1. The van der Waals surface area contributed by atoms with Crippen LogP contribution >= 0.6 is 0 Å². The minimum absolute atomic E-state index is 0.363. The summed E-state index contributed by atoms with van der Waals surface area (Å²) < 4.78 is 5.42. The smallest absolute Gasteiger partial charge is 0.329 e. The molecule has 160 valence electrons. The van der Waals surface area contributed by atoms with Crippen molar-refractivity contribution in [1.82, 2.24) is 4.90 Å². The average Bonchev–Trinajstić information content (AvgIpc) is 3.01. The van der Waals surface area contributed by atoms with Crippen LogP contribution in [0, 0.1) is 0 Å². The Labute approximate surface area is 170 Å². The summed E-state index contributed by atoms with van der Waals surface area (Å²) in [6, 6.07) is -0.786. The van der Waals surface area contributed by atoms with Crippen molar-refractivity contribution in [2.45, 2.75) is 110 Å². The van der Waals surface area contributed by atoms with Crippen LogP contribution in [0.3, 0.4) is 0 Å². The molecule has 1 aliphatic rings. The maximum Gasteiger partial charge on any atom is 0.329 e. The molecule has 0 radical (unpaired) electrons. The largest absolute Gasteiger partial charge is 0.464 e. The third-order valence-electron chi connectivity index (χ3n) is 5.25. The number of ether oxygens (including phenoxy) is 1. The van der Waals surface area contributed by atoms with Gasteiger partial charge in [0.1, 0.15) is 6.04 Å². The summed E-state index contributed by atoms with van der Waals surface area (Å²) in [5, 5.41) is 0. The molecule has 0 aromatic heterocycles. The zero-order valence-corrected chi connectivity index (χ0v) is 17.9. The van der Waals surface area contributed by atoms with Gasteiger partial charge in [-0.05, 0) is 12.8 Å². The standard InChI is InChI=1S/C23H39NO4/c1-3-5-7-9-11-12-14-16-20(24-21(25)17-18-22(24)26)23(27)28-19-15-13-10-8-6-4-2/h17-18,20H,3-16,19H2,1-2H3. The van der Waals surface area contributed by atoms with Crippen LogP contribution in [0.1, 0.15) is 104 Å². The third-order valence-corrected chi connectivity index (χ3v) is 5.25. The third kappa shape index (κ3) is 9.52. The van der Waals surface area contributed by atoms with Gasteiger partial charge < -0.3 is 4.74 Å². The van der Waals surface area contributed by atoms with E-state index in [0.29, 0.717) is 13.0 Å². The van der Waals surface area contributed by atoms with Gasteiger partial charge in [-0.15, -0.1) is 0 Å². The highest BCUT2D eigenvalue weighted by molar-refractivity contribution is 6.14. The molecule has 5 heteroatoms. The lowest BCUT2D eigenvalue weighted by atomic mass is 10.0. The number of esters is 1. The van der Waals surface area contributed by atoms with Crippen LogP contribution in [0.5, 0.6) is 0 Å². The number of hydrogen-bond acceptors (Lipinski definition) is 4. The van der Waals surface area contributed by atoms with Gasteiger partial charge in [-0.1, -0.05) is 90.9 Å². The Hall–Kier alpha value is -1.65. The normalized spacial score (nSPS) is 14.7. The molecule has 28 heavy (non-hydrogen) atoms. The lowest BCUT2D eigenvalue weighted by Gasteiger charge is -2.24. The van der Waals surface area contributed by atoms with Crippen molar-refractivity contribution < 1.29 is 19.1 Å². The molecule has 0 fully saturated rings. The first-order valence-electron chi connectivity index (χ1n) is 11.3. The molecule has 1 unspecified atom stereocenters. The summed E-state index contributed by atoms with van der Waals surface area (Å²) in [7, 11) is 0. The summed E-state index contributed by atoms with van der Waals surface area (Å²) >= 11 is 0. The molecule has 2 amide bonds. The van der Waals surface area contributed by atoms with E-state index in [1.165, 1.54) is 57.1 Å². The van der Waals surface area contributed by atoms with Crippen molar-refractivity contribution in [3.8, 4) is 0 Å². The van der Waals surface area contributed by atoms with Crippen LogP contribution in [0.4, 0.5) is 0 Å². The Kier molecular flexibility index (Phi) is 13.3. The highest BCUT2D eigenvalue weighted by Crippen LogP contribution is 2.18. The number of nitrogens with zero attached hydrogens (tertiary/aromatic N) is 1. The van der Waals surface area contributed by atoms with E-state index in [1.54, 1.807) is 0 Å². The van der Waals surface area contributed by atoms with E-state index in [2.05, 4.69) is 13.8 Å². The quantitative estimate of drug-likeness (QED) is 0.190. The predicted octanol–water partition coefficient (Wildman–Crippen LogP) is 5.32. The number of rotatable bonds is 17. The van der Waals surface area contributed by atoms with Crippen molar-refractivity contribution in [2.75, 3.05) is 6.61 Å². The molecule has 0 aromatic carbocycles. The van der Waals surface area contributed by atoms with E-state index in [1.807, 2.05) is 0 Å². The maximum atomic E-state index is 12.6. The second kappa shape index (κ2) is 15.3. The van der Waals surface area contributed by atoms with E-state index in [4.69, 9.17) is 4.74 Å². The molecule has 1 heterocycles. The molecule has 0 saturated carbocycles. The number of hydrogen-bond donors (Lipinski definition) is 0. The predicted molar refractivity (Wildman–Crippen MR) is 112 cm³/mol. The number of amides is 2. The maximum absolute atomic E-state index is 12.6. The lowest BCUT2D eigenvalue weighted by Crippen LogP contribution is -2.45. The van der Waals surface area contributed by atoms with Crippen LogP contribution in [0.15, 0.2) is 12.2 Å². The van der Waals surface area contributed by atoms with Crippen LogP contribution in [0.2, 0.25) is 0 Å². The second-order valence-electron chi connectivity index (χ2n) is 7.74. The van der Waals surface area contributed by atoms with Crippen LogP contribution in [-0.4, -0.2) is 35.3 Å². The van der Waals surface area contributed by atoms with Crippen LogP contribution < -0.4 is 0 Å². The molecule has 0 bridgehead atoms. The van der Waals surface area contributed by atoms with Gasteiger partial charge in [0, 0.05) is 12.2 Å². The van der Waals surface area contributed by atoms with Gasteiger partial charge in [0.15, 0.2) is 0 Å². The van der Waals surface area contributed by atoms with Crippen molar-refractivity contribution in [3.63, 3.8) is 0 Å². The zero-order chi connectivity index (χ0) is 20.6. The van der Waals surface area contributed by atoms with Crippen molar-refractivity contribution >= 4 is 17.8 Å². The minimum Gasteiger partial charge on any atom is -0.464 e. The monoisotopic (exact) mass is 393 g/mol. The van der Waals surface area contributed by atoms with Crippen molar-refractivity contribution in [3.05, 3.63) is 12.2 Å². The van der Waals surface area contributed by atoms with Crippen molar-refractivity contribution in [2.24, 2.45) is 0 Å². The van der Waals surface area contributed by atoms with Gasteiger partial charge in [-0.25, -0.2) is 4.79 Å². The number of carbonyl (C=O) groups is 3. The molecule has 5 nitrogen and oxygen atoms in total. The van der Waals surface area contributed by atoms with Gasteiger partial charge in [-0.3, -0.25) is 14.5 Å². The van der Waals surface area contributed by atoms with Crippen molar-refractivity contribution in [1.29, 1.82) is 0 Å². The molecule has 0 aliphatic carbocycles. The van der Waals surface area contributed by atoms with E-state index in [0.717, 1.165) is 43.4 Å². The second-order valence-corrected chi connectivity index (χ2v) is 7.74. The molecule has 1 aliphatic heterocycles. The van der Waals surface area contributed by atoms with Crippen LogP contribution in [-0.2, 0) is 19.1 Å². The van der Waals surface area contributed by atoms with Gasteiger partial charge >= 0.3 is 5.97 Å². The van der Waals surface area contributed by atoms with E-state index in [9.17, 15) is 14.4 Å². The van der Waals surface area contributed by atoms with E-state index < -0.39 is 23.8 Å². The van der Waals surface area contributed by atoms with E-state index >= 15 is 0 Å². The molecule has 0 N–H and O–H groups in total. The van der Waals surface area contributed by atoms with Crippen LogP contribution in [0.25, 0.3) is 0 Å². The molecule has 0 spiro atoms. The lowest BCUT2D eigenvalue weighted by molar-refractivity contribution is -0.158. The average molecular weight is 394 g/mol. The Balaban J connectivity index is 2.39. The summed E-state index contributed by atoms with van der Waals surface area (Å²) in [5.74, 6) is -1.26. The zero-order valence-electron chi connectivity index (χ0n) is 17.9. The first-order chi connectivity index (χ1) is 13.6. The van der Waals surface area contributed by atoms with E-state index in [-0.39, 0.29) is 0 Å². The SMILES string of the molecule is CCCCCCCCCC(C(=O)OCCCCCCCC)N1C(=O)C=CC1=O. The molecule has 0 aromatic rings. The minimum atomic E-state index is -0.786. The Morgan fingerprint density at radius 1 is 0.786 bits per heavy atom. The highest BCUT2D eigenvalue weighted by atomic mass is 16.5. The fourth-order valence-corrected chi connectivity index (χ4v) is 3.52. The number of carbonyl (C=O) groups excluding carboxylic acids is 3. The Morgan fingerprint density at radius 2 is 1.25 bits per heavy atom. The van der Waals surface area contributed by atoms with Gasteiger partial charge in [0.2, 0.25) is 0 Å². The fraction of sp³-hybridized carbons (Fsp3) is 0.783. The Morgan fingerprint density at radius 3 is 1.79 bits per heavy atom. The number of unbranched alkanes of at least 4 members (excludes halogenated alkanes) is 11. The first-order valence-corrected chi connectivity index (χ1v) is 11.3. The molecular weight excluding hydrogens is 354 g/mol. The molecule has 1 rings (SSSR count). The summed E-state index contributed by atoms with van der Waals surface area (Å²) in [4.78, 5) is 37.7.